The van der Waals surface area contributed by atoms with E-state index in [2.05, 4.69) is 16.8 Å². The standard InChI is InChI=1S/C14H24N4O/c1-3-8-17-10-7-16-13(14(17)19)18-9-5-4-6-12(18)11(2)15/h7,10-12H,3-6,8-9,15H2,1-2H3. The molecule has 2 atom stereocenters. The van der Waals surface area contributed by atoms with Crippen LogP contribution in [0.1, 0.15) is 39.5 Å². The molecule has 0 bridgehead atoms. The van der Waals surface area contributed by atoms with Crippen molar-refractivity contribution in [3.63, 3.8) is 0 Å². The van der Waals surface area contributed by atoms with Gasteiger partial charge in [0.05, 0.1) is 0 Å². The molecule has 1 aliphatic rings. The van der Waals surface area contributed by atoms with Gasteiger partial charge in [-0.1, -0.05) is 6.92 Å². The van der Waals surface area contributed by atoms with Crippen LogP contribution in [0.15, 0.2) is 17.2 Å². The molecule has 106 valence electrons. The van der Waals surface area contributed by atoms with Crippen molar-refractivity contribution in [1.29, 1.82) is 0 Å². The molecular formula is C14H24N4O. The van der Waals surface area contributed by atoms with E-state index in [1.165, 1.54) is 6.42 Å². The zero-order valence-corrected chi connectivity index (χ0v) is 11.9. The molecule has 2 rings (SSSR count). The molecule has 1 saturated heterocycles. The summed E-state index contributed by atoms with van der Waals surface area (Å²) in [6.07, 6.45) is 7.76. The van der Waals surface area contributed by atoms with Crippen molar-refractivity contribution in [2.75, 3.05) is 11.4 Å². The highest BCUT2D eigenvalue weighted by Gasteiger charge is 2.28. The van der Waals surface area contributed by atoms with Crippen LogP contribution in [0.2, 0.25) is 0 Å². The number of rotatable bonds is 4. The van der Waals surface area contributed by atoms with Gasteiger partial charge in [0.15, 0.2) is 5.82 Å². The van der Waals surface area contributed by atoms with E-state index in [0.717, 1.165) is 32.4 Å². The van der Waals surface area contributed by atoms with E-state index in [0.29, 0.717) is 5.82 Å². The maximum absolute atomic E-state index is 12.4. The molecule has 1 aliphatic heterocycles. The first-order valence-electron chi connectivity index (χ1n) is 7.22. The van der Waals surface area contributed by atoms with Crippen molar-refractivity contribution in [2.24, 2.45) is 5.73 Å². The molecule has 1 fully saturated rings. The van der Waals surface area contributed by atoms with Crippen LogP contribution in [-0.4, -0.2) is 28.2 Å². The molecule has 1 aromatic rings. The van der Waals surface area contributed by atoms with Crippen molar-refractivity contribution in [2.45, 2.75) is 58.2 Å². The predicted octanol–water partition coefficient (Wildman–Crippen LogP) is 1.36. The topological polar surface area (TPSA) is 64.2 Å². The molecule has 0 spiro atoms. The molecule has 1 aromatic heterocycles. The monoisotopic (exact) mass is 264 g/mol. The molecular weight excluding hydrogens is 240 g/mol. The van der Waals surface area contributed by atoms with Crippen molar-refractivity contribution in [3.8, 4) is 0 Å². The van der Waals surface area contributed by atoms with Gasteiger partial charge in [-0.05, 0) is 32.6 Å². The third-order valence-corrected chi connectivity index (χ3v) is 3.79. The van der Waals surface area contributed by atoms with Gasteiger partial charge in [-0.3, -0.25) is 4.79 Å². The fraction of sp³-hybridized carbons (Fsp3) is 0.714. The van der Waals surface area contributed by atoms with Gasteiger partial charge in [0.1, 0.15) is 0 Å². The summed E-state index contributed by atoms with van der Waals surface area (Å²) in [5.41, 5.74) is 6.07. The minimum absolute atomic E-state index is 0.0110. The van der Waals surface area contributed by atoms with E-state index in [1.54, 1.807) is 17.0 Å². The van der Waals surface area contributed by atoms with Gasteiger partial charge in [0.25, 0.3) is 5.56 Å². The molecule has 0 aliphatic carbocycles. The van der Waals surface area contributed by atoms with Crippen LogP contribution in [0.3, 0.4) is 0 Å². The number of nitrogens with two attached hydrogens (primary N) is 1. The Bertz CT molecular complexity index is 469. The Morgan fingerprint density at radius 3 is 3.00 bits per heavy atom. The Morgan fingerprint density at radius 2 is 2.32 bits per heavy atom. The molecule has 0 radical (unpaired) electrons. The molecule has 5 nitrogen and oxygen atoms in total. The minimum Gasteiger partial charge on any atom is -0.347 e. The SMILES string of the molecule is CCCn1ccnc(N2CCCCC2C(C)N)c1=O. The zero-order valence-electron chi connectivity index (χ0n) is 11.9. The Morgan fingerprint density at radius 1 is 1.53 bits per heavy atom. The fourth-order valence-corrected chi connectivity index (χ4v) is 2.82. The van der Waals surface area contributed by atoms with Gasteiger partial charge in [-0.25, -0.2) is 4.98 Å². The van der Waals surface area contributed by atoms with Crippen LogP contribution in [-0.2, 0) is 6.54 Å². The lowest BCUT2D eigenvalue weighted by molar-refractivity contribution is 0.408. The Labute approximate surface area is 114 Å². The maximum Gasteiger partial charge on any atom is 0.293 e. The molecule has 2 unspecified atom stereocenters. The van der Waals surface area contributed by atoms with E-state index >= 15 is 0 Å². The third kappa shape index (κ3) is 2.97. The van der Waals surface area contributed by atoms with Crippen LogP contribution in [0.4, 0.5) is 5.82 Å². The van der Waals surface area contributed by atoms with Gasteiger partial charge >= 0.3 is 0 Å². The average Bonchev–Trinajstić information content (AvgIpc) is 2.41. The summed E-state index contributed by atoms with van der Waals surface area (Å²) in [4.78, 5) is 18.9. The fourth-order valence-electron chi connectivity index (χ4n) is 2.82. The van der Waals surface area contributed by atoms with Crippen LogP contribution in [0.25, 0.3) is 0 Å². The molecule has 2 N–H and O–H groups in total. The summed E-state index contributed by atoms with van der Waals surface area (Å²) < 4.78 is 1.75. The molecule has 0 saturated carbocycles. The molecule has 2 heterocycles. The number of anilines is 1. The summed E-state index contributed by atoms with van der Waals surface area (Å²) in [7, 11) is 0. The van der Waals surface area contributed by atoms with Gasteiger partial charge in [-0.15, -0.1) is 0 Å². The number of hydrogen-bond donors (Lipinski definition) is 1. The number of piperidine rings is 1. The van der Waals surface area contributed by atoms with E-state index in [-0.39, 0.29) is 17.6 Å². The second-order valence-electron chi connectivity index (χ2n) is 5.37. The molecule has 19 heavy (non-hydrogen) atoms. The smallest absolute Gasteiger partial charge is 0.293 e. The molecule has 0 aromatic carbocycles. The lowest BCUT2D eigenvalue weighted by Crippen LogP contribution is -2.51. The normalized spacial score (nSPS) is 21.4. The average molecular weight is 264 g/mol. The summed E-state index contributed by atoms with van der Waals surface area (Å²) in [6, 6.07) is 0.285. The number of hydrogen-bond acceptors (Lipinski definition) is 4. The first-order chi connectivity index (χ1) is 9.15. The van der Waals surface area contributed by atoms with E-state index in [1.807, 2.05) is 6.92 Å². The predicted molar refractivity (Wildman–Crippen MR) is 77.4 cm³/mol. The highest BCUT2D eigenvalue weighted by Crippen LogP contribution is 2.22. The van der Waals surface area contributed by atoms with Crippen LogP contribution < -0.4 is 16.2 Å². The molecule has 5 heteroatoms. The number of aromatic nitrogens is 2. The van der Waals surface area contributed by atoms with E-state index < -0.39 is 0 Å². The van der Waals surface area contributed by atoms with Gasteiger partial charge in [0.2, 0.25) is 0 Å². The second kappa shape index (κ2) is 6.19. The first-order valence-corrected chi connectivity index (χ1v) is 7.22. The number of aryl methyl sites for hydroxylation is 1. The minimum atomic E-state index is 0.0110. The van der Waals surface area contributed by atoms with Crippen LogP contribution in [0.5, 0.6) is 0 Å². The van der Waals surface area contributed by atoms with Crippen LogP contribution in [0, 0.1) is 0 Å². The zero-order chi connectivity index (χ0) is 13.8. The lowest BCUT2D eigenvalue weighted by atomic mass is 9.97. The summed E-state index contributed by atoms with van der Waals surface area (Å²) >= 11 is 0. The van der Waals surface area contributed by atoms with Gasteiger partial charge in [0, 0.05) is 37.6 Å². The largest absolute Gasteiger partial charge is 0.347 e. The Balaban J connectivity index is 2.34. The highest BCUT2D eigenvalue weighted by molar-refractivity contribution is 5.38. The van der Waals surface area contributed by atoms with E-state index in [9.17, 15) is 4.79 Å². The quantitative estimate of drug-likeness (QED) is 0.892. The summed E-state index contributed by atoms with van der Waals surface area (Å²) in [6.45, 7) is 5.70. The first kappa shape index (κ1) is 14.1. The molecule has 0 amide bonds. The van der Waals surface area contributed by atoms with Crippen molar-refractivity contribution in [1.82, 2.24) is 9.55 Å². The van der Waals surface area contributed by atoms with Crippen molar-refractivity contribution in [3.05, 3.63) is 22.7 Å². The Kier molecular flexibility index (Phi) is 4.58. The highest BCUT2D eigenvalue weighted by atomic mass is 16.1. The number of nitrogens with zero attached hydrogens (tertiary/aromatic N) is 3. The van der Waals surface area contributed by atoms with Gasteiger partial charge in [-0.2, -0.15) is 0 Å². The lowest BCUT2D eigenvalue weighted by Gasteiger charge is -2.38. The third-order valence-electron chi connectivity index (χ3n) is 3.79. The Hall–Kier alpha value is -1.36. The summed E-state index contributed by atoms with van der Waals surface area (Å²) in [5, 5.41) is 0. The van der Waals surface area contributed by atoms with E-state index in [4.69, 9.17) is 5.73 Å². The van der Waals surface area contributed by atoms with Crippen molar-refractivity contribution >= 4 is 5.82 Å². The van der Waals surface area contributed by atoms with Gasteiger partial charge < -0.3 is 15.2 Å². The van der Waals surface area contributed by atoms with Crippen LogP contribution >= 0.6 is 0 Å². The maximum atomic E-state index is 12.4. The second-order valence-corrected chi connectivity index (χ2v) is 5.37. The van der Waals surface area contributed by atoms with Crippen molar-refractivity contribution < 1.29 is 0 Å². The summed E-state index contributed by atoms with van der Waals surface area (Å²) in [5.74, 6) is 0.568.